The van der Waals surface area contributed by atoms with Crippen LogP contribution in [0.3, 0.4) is 0 Å². The molecule has 1 aliphatic rings. The Balaban J connectivity index is 1.58. The van der Waals surface area contributed by atoms with Gasteiger partial charge in [-0.2, -0.15) is 4.31 Å². The van der Waals surface area contributed by atoms with Crippen LogP contribution in [-0.2, 0) is 14.8 Å². The molecule has 0 aliphatic carbocycles. The van der Waals surface area contributed by atoms with E-state index in [0.717, 1.165) is 5.56 Å². The number of hydrogen-bond donors (Lipinski definition) is 0. The molecule has 0 saturated carbocycles. The smallest absolute Gasteiger partial charge is 0.246 e. The summed E-state index contributed by atoms with van der Waals surface area (Å²) in [4.78, 5) is 14.3. The second-order valence-electron chi connectivity index (χ2n) is 6.88. The molecule has 3 rings (SSSR count). The van der Waals surface area contributed by atoms with Gasteiger partial charge in [-0.1, -0.05) is 29.8 Å². The summed E-state index contributed by atoms with van der Waals surface area (Å²) in [6.07, 6.45) is 3.33. The SMILES string of the molecule is CCOc1ccc(S(=O)(=O)N2CCN(C(=O)/C=C/c3ccc(C)cc3)CC2)cc1. The van der Waals surface area contributed by atoms with E-state index in [-0.39, 0.29) is 23.9 Å². The molecule has 0 spiro atoms. The van der Waals surface area contributed by atoms with Gasteiger partial charge in [0.2, 0.25) is 15.9 Å². The number of amides is 1. The third-order valence-electron chi connectivity index (χ3n) is 4.82. The molecular weight excluding hydrogens is 388 g/mol. The van der Waals surface area contributed by atoms with E-state index in [1.54, 1.807) is 41.3 Å². The average molecular weight is 415 g/mol. The normalized spacial score (nSPS) is 15.6. The maximum Gasteiger partial charge on any atom is 0.246 e. The molecule has 0 atom stereocenters. The molecule has 2 aromatic carbocycles. The van der Waals surface area contributed by atoms with Gasteiger partial charge in [0.15, 0.2) is 0 Å². The van der Waals surface area contributed by atoms with Gasteiger partial charge in [0.25, 0.3) is 0 Å². The lowest BCUT2D eigenvalue weighted by Crippen LogP contribution is -2.50. The van der Waals surface area contributed by atoms with Crippen LogP contribution in [0.2, 0.25) is 0 Å². The number of piperazine rings is 1. The standard InChI is InChI=1S/C22H26N2O4S/c1-3-28-20-9-11-21(12-10-20)29(26,27)24-16-14-23(15-17-24)22(25)13-8-19-6-4-18(2)5-7-19/h4-13H,3,14-17H2,1-2H3/b13-8+. The quantitative estimate of drug-likeness (QED) is 0.682. The van der Waals surface area contributed by atoms with Crippen LogP contribution in [-0.4, -0.2) is 56.3 Å². The molecule has 6 nitrogen and oxygen atoms in total. The number of ether oxygens (including phenoxy) is 1. The van der Waals surface area contributed by atoms with Crippen molar-refractivity contribution in [1.82, 2.24) is 9.21 Å². The van der Waals surface area contributed by atoms with Gasteiger partial charge < -0.3 is 9.64 Å². The van der Waals surface area contributed by atoms with Gasteiger partial charge in [-0.25, -0.2) is 8.42 Å². The van der Waals surface area contributed by atoms with E-state index >= 15 is 0 Å². The molecule has 0 aromatic heterocycles. The Kier molecular flexibility index (Phi) is 6.71. The first kappa shape index (κ1) is 21.1. The Hall–Kier alpha value is -2.64. The average Bonchev–Trinajstić information content (AvgIpc) is 2.74. The van der Waals surface area contributed by atoms with Gasteiger partial charge in [0.05, 0.1) is 11.5 Å². The van der Waals surface area contributed by atoms with Crippen molar-refractivity contribution in [2.24, 2.45) is 0 Å². The van der Waals surface area contributed by atoms with Crippen LogP contribution in [0.25, 0.3) is 6.08 Å². The summed E-state index contributed by atoms with van der Waals surface area (Å²) >= 11 is 0. The largest absolute Gasteiger partial charge is 0.494 e. The van der Waals surface area contributed by atoms with Crippen LogP contribution in [0, 0.1) is 6.92 Å². The molecule has 154 valence electrons. The van der Waals surface area contributed by atoms with E-state index in [1.165, 1.54) is 9.87 Å². The third kappa shape index (κ3) is 5.25. The predicted octanol–water partition coefficient (Wildman–Crippen LogP) is 2.94. The van der Waals surface area contributed by atoms with Crippen molar-refractivity contribution in [3.8, 4) is 5.75 Å². The highest BCUT2D eigenvalue weighted by atomic mass is 32.2. The summed E-state index contributed by atoms with van der Waals surface area (Å²) in [7, 11) is -3.58. The minimum atomic E-state index is -3.58. The molecule has 0 bridgehead atoms. The van der Waals surface area contributed by atoms with Crippen molar-refractivity contribution in [3.63, 3.8) is 0 Å². The Morgan fingerprint density at radius 1 is 1.00 bits per heavy atom. The van der Waals surface area contributed by atoms with E-state index in [9.17, 15) is 13.2 Å². The number of benzene rings is 2. The summed E-state index contributed by atoms with van der Waals surface area (Å²) < 4.78 is 32.5. The molecular formula is C22H26N2O4S. The minimum absolute atomic E-state index is 0.108. The van der Waals surface area contributed by atoms with Gasteiger partial charge in [0.1, 0.15) is 5.75 Å². The minimum Gasteiger partial charge on any atom is -0.494 e. The highest BCUT2D eigenvalue weighted by Crippen LogP contribution is 2.21. The first-order chi connectivity index (χ1) is 13.9. The van der Waals surface area contributed by atoms with Crippen LogP contribution >= 0.6 is 0 Å². The zero-order valence-electron chi connectivity index (χ0n) is 16.7. The maximum atomic E-state index is 12.8. The van der Waals surface area contributed by atoms with Crippen molar-refractivity contribution in [1.29, 1.82) is 0 Å². The van der Waals surface area contributed by atoms with Crippen molar-refractivity contribution in [3.05, 3.63) is 65.7 Å². The lowest BCUT2D eigenvalue weighted by Gasteiger charge is -2.33. The van der Waals surface area contributed by atoms with Crippen molar-refractivity contribution in [2.75, 3.05) is 32.8 Å². The summed E-state index contributed by atoms with van der Waals surface area (Å²) in [6.45, 7) is 5.71. The van der Waals surface area contributed by atoms with Crippen LogP contribution in [0.15, 0.2) is 59.5 Å². The van der Waals surface area contributed by atoms with Crippen LogP contribution < -0.4 is 4.74 Å². The molecule has 0 unspecified atom stereocenters. The van der Waals surface area contributed by atoms with Gasteiger partial charge >= 0.3 is 0 Å². The Morgan fingerprint density at radius 3 is 2.21 bits per heavy atom. The summed E-state index contributed by atoms with van der Waals surface area (Å²) in [5, 5.41) is 0. The molecule has 29 heavy (non-hydrogen) atoms. The maximum absolute atomic E-state index is 12.8. The monoisotopic (exact) mass is 414 g/mol. The van der Waals surface area contributed by atoms with Gasteiger partial charge in [0, 0.05) is 32.3 Å². The first-order valence-corrected chi connectivity index (χ1v) is 11.1. The fraction of sp³-hybridized carbons (Fsp3) is 0.318. The molecule has 1 saturated heterocycles. The molecule has 7 heteroatoms. The third-order valence-corrected chi connectivity index (χ3v) is 6.73. The summed E-state index contributed by atoms with van der Waals surface area (Å²) in [6, 6.07) is 14.3. The van der Waals surface area contributed by atoms with Crippen molar-refractivity contribution in [2.45, 2.75) is 18.7 Å². The zero-order valence-corrected chi connectivity index (χ0v) is 17.6. The van der Waals surface area contributed by atoms with E-state index in [1.807, 2.05) is 38.1 Å². The molecule has 2 aromatic rings. The number of sulfonamides is 1. The van der Waals surface area contributed by atoms with Crippen LogP contribution in [0.5, 0.6) is 5.75 Å². The van der Waals surface area contributed by atoms with Crippen LogP contribution in [0.1, 0.15) is 18.1 Å². The van der Waals surface area contributed by atoms with Gasteiger partial charge in [-0.05, 0) is 49.8 Å². The number of carbonyl (C=O) groups excluding carboxylic acids is 1. The van der Waals surface area contributed by atoms with Gasteiger partial charge in [-0.3, -0.25) is 4.79 Å². The van der Waals surface area contributed by atoms with Gasteiger partial charge in [-0.15, -0.1) is 0 Å². The highest BCUT2D eigenvalue weighted by Gasteiger charge is 2.29. The second-order valence-corrected chi connectivity index (χ2v) is 8.82. The molecule has 1 aliphatic heterocycles. The van der Waals surface area contributed by atoms with E-state index in [4.69, 9.17) is 4.74 Å². The molecule has 1 amide bonds. The molecule has 1 fully saturated rings. The Morgan fingerprint density at radius 2 is 1.62 bits per heavy atom. The summed E-state index contributed by atoms with van der Waals surface area (Å²) in [5.41, 5.74) is 2.12. The van der Waals surface area contributed by atoms with E-state index in [0.29, 0.717) is 25.4 Å². The van der Waals surface area contributed by atoms with Crippen molar-refractivity contribution >= 4 is 22.0 Å². The molecule has 0 N–H and O–H groups in total. The molecule has 0 radical (unpaired) electrons. The number of nitrogens with zero attached hydrogens (tertiary/aromatic N) is 2. The first-order valence-electron chi connectivity index (χ1n) is 9.67. The lowest BCUT2D eigenvalue weighted by atomic mass is 10.1. The fourth-order valence-corrected chi connectivity index (χ4v) is 4.55. The van der Waals surface area contributed by atoms with E-state index in [2.05, 4.69) is 0 Å². The Bertz CT molecular complexity index is 959. The Labute approximate surface area is 172 Å². The predicted molar refractivity (Wildman–Crippen MR) is 113 cm³/mol. The fourth-order valence-electron chi connectivity index (χ4n) is 3.12. The second kappa shape index (κ2) is 9.24. The molecule has 1 heterocycles. The number of carbonyl (C=O) groups is 1. The number of hydrogen-bond acceptors (Lipinski definition) is 4. The van der Waals surface area contributed by atoms with E-state index < -0.39 is 10.0 Å². The number of rotatable bonds is 6. The van der Waals surface area contributed by atoms with Crippen molar-refractivity contribution < 1.29 is 17.9 Å². The topological polar surface area (TPSA) is 66.9 Å². The number of aryl methyl sites for hydroxylation is 1. The highest BCUT2D eigenvalue weighted by molar-refractivity contribution is 7.89. The summed E-state index contributed by atoms with van der Waals surface area (Å²) in [5.74, 6) is 0.533. The van der Waals surface area contributed by atoms with Crippen LogP contribution in [0.4, 0.5) is 0 Å². The lowest BCUT2D eigenvalue weighted by molar-refractivity contribution is -0.127. The zero-order chi connectivity index (χ0) is 20.9.